The summed E-state index contributed by atoms with van der Waals surface area (Å²) in [4.78, 5) is 10.9. The van der Waals surface area contributed by atoms with Gasteiger partial charge in [-0.2, -0.15) is 12.7 Å². The van der Waals surface area contributed by atoms with Crippen LogP contribution in [0.4, 0.5) is 0 Å². The smallest absolute Gasteiger partial charge is 0 e. The predicted octanol–water partition coefficient (Wildman–Crippen LogP) is 0.0269. The molecule has 0 amide bonds. The second-order valence-corrected chi connectivity index (χ2v) is 1.31. The first-order valence-electron chi connectivity index (χ1n) is 2.40. The molecule has 3 radical (unpaired) electrons. The van der Waals surface area contributed by atoms with Crippen LogP contribution >= 0.6 is 0 Å². The Kier molecular flexibility index (Phi) is 21.3. The van der Waals surface area contributed by atoms with Crippen molar-refractivity contribution in [1.29, 1.82) is 0 Å². The van der Waals surface area contributed by atoms with E-state index >= 15 is 0 Å². The van der Waals surface area contributed by atoms with Gasteiger partial charge in [-0.05, 0) is 0 Å². The van der Waals surface area contributed by atoms with E-state index in [4.69, 9.17) is 0 Å². The van der Waals surface area contributed by atoms with E-state index in [0.29, 0.717) is 0 Å². The van der Waals surface area contributed by atoms with Crippen molar-refractivity contribution in [1.82, 2.24) is 15.0 Å². The van der Waals surface area contributed by atoms with E-state index in [1.54, 1.807) is 0 Å². The molecule has 1 aromatic heterocycles. The summed E-state index contributed by atoms with van der Waals surface area (Å²) in [7, 11) is 0. The van der Waals surface area contributed by atoms with Gasteiger partial charge < -0.3 is 15.0 Å². The maximum atomic E-state index is 3.72. The summed E-state index contributed by atoms with van der Waals surface area (Å²) < 4.78 is 0. The zero-order valence-electron chi connectivity index (χ0n) is 6.28. The summed E-state index contributed by atoms with van der Waals surface area (Å²) in [6.07, 6.45) is 5.60. The van der Waals surface area contributed by atoms with Crippen molar-refractivity contribution < 1.29 is 98.1 Å². The van der Waals surface area contributed by atoms with Gasteiger partial charge in [0.2, 0.25) is 0 Å². The van der Waals surface area contributed by atoms with E-state index in [9.17, 15) is 0 Å². The van der Waals surface area contributed by atoms with Crippen molar-refractivity contribution in [3.8, 4) is 0 Å². The number of nitrogens with zero attached hydrogens (tertiary/aromatic N) is 3. The molecule has 0 aliphatic carbocycles. The van der Waals surface area contributed by atoms with E-state index in [-0.39, 0.29) is 98.1 Å². The van der Waals surface area contributed by atoms with Crippen LogP contribution in [0, 0.1) is 12.7 Å². The molecule has 1 rings (SSSR count). The topological polar surface area (TPSA) is 38.7 Å². The number of hydrogen-bond acceptors (Lipinski definition) is 3. The van der Waals surface area contributed by atoms with Gasteiger partial charge in [-0.15, -0.1) is 5.82 Å². The van der Waals surface area contributed by atoms with Crippen LogP contribution in [-0.2, 0) is 105 Å². The molecule has 0 aromatic carbocycles. The molecule has 0 bridgehead atoms. The van der Waals surface area contributed by atoms with Crippen molar-refractivity contribution in [3.05, 3.63) is 18.5 Å². The average Bonchev–Trinajstić information content (AvgIpc) is 1.90. The first-order chi connectivity index (χ1) is 3.93. The van der Waals surface area contributed by atoms with Gasteiger partial charge in [0.25, 0.3) is 0 Å². The molecular formula is C5H5N3Y3-2. The van der Waals surface area contributed by atoms with Crippen molar-refractivity contribution in [2.45, 2.75) is 13.3 Å². The Hall–Kier alpha value is 2.32. The maximum Gasteiger partial charge on any atom is 0 e. The zero-order chi connectivity index (χ0) is 5.82. The van der Waals surface area contributed by atoms with Crippen LogP contribution in [0.2, 0.25) is 0 Å². The summed E-state index contributed by atoms with van der Waals surface area (Å²) in [5.41, 5.74) is 0. The van der Waals surface area contributed by atoms with E-state index in [0.717, 1.165) is 12.2 Å². The Morgan fingerprint density at radius 2 is 1.55 bits per heavy atom. The van der Waals surface area contributed by atoms with Gasteiger partial charge >= 0.3 is 0 Å². The Morgan fingerprint density at radius 3 is 1.82 bits per heavy atom. The number of aromatic nitrogens is 3. The van der Waals surface area contributed by atoms with Crippen LogP contribution in [0.1, 0.15) is 12.7 Å². The fourth-order valence-electron chi connectivity index (χ4n) is 0.371. The molecule has 0 unspecified atom stereocenters. The molecule has 0 saturated heterocycles. The molecule has 0 atom stereocenters. The monoisotopic (exact) mass is 374 g/mol. The van der Waals surface area contributed by atoms with Gasteiger partial charge in [0, 0.05) is 98.1 Å². The molecular weight excluding hydrogens is 369 g/mol. The minimum Gasteiger partial charge on any atom is -0.505 e. The van der Waals surface area contributed by atoms with Gasteiger partial charge in [-0.1, -0.05) is 13.3 Å². The molecule has 0 saturated carbocycles. The number of hydrogen-bond donors (Lipinski definition) is 0. The van der Waals surface area contributed by atoms with Crippen LogP contribution < -0.4 is 0 Å². The Labute approximate surface area is 142 Å². The quantitative estimate of drug-likeness (QED) is 0.652. The van der Waals surface area contributed by atoms with Crippen molar-refractivity contribution in [2.75, 3.05) is 0 Å². The van der Waals surface area contributed by atoms with Crippen LogP contribution in [0.3, 0.4) is 0 Å². The molecule has 1 aromatic rings. The van der Waals surface area contributed by atoms with Gasteiger partial charge in [-0.3, -0.25) is 0 Å². The minimum atomic E-state index is 0. The van der Waals surface area contributed by atoms with Gasteiger partial charge in [0.15, 0.2) is 0 Å². The van der Waals surface area contributed by atoms with Gasteiger partial charge in [0.1, 0.15) is 0 Å². The van der Waals surface area contributed by atoms with Crippen LogP contribution in [-0.4, -0.2) is 15.0 Å². The SMILES string of the molecule is CCc1n[c-]n[c-]n1.[Y].[Y].[Y]. The van der Waals surface area contributed by atoms with Gasteiger partial charge in [-0.25, -0.2) is 0 Å². The van der Waals surface area contributed by atoms with E-state index < -0.39 is 0 Å². The second-order valence-electron chi connectivity index (χ2n) is 1.31. The third kappa shape index (κ3) is 8.65. The molecule has 6 heteroatoms. The molecule has 0 fully saturated rings. The van der Waals surface area contributed by atoms with E-state index in [1.165, 1.54) is 0 Å². The summed E-state index contributed by atoms with van der Waals surface area (Å²) in [6.45, 7) is 1.97. The normalized spacial score (nSPS) is 6.64. The first-order valence-corrected chi connectivity index (χ1v) is 2.40. The summed E-state index contributed by atoms with van der Waals surface area (Å²) in [6, 6.07) is 0. The van der Waals surface area contributed by atoms with Crippen molar-refractivity contribution in [2.24, 2.45) is 0 Å². The largest absolute Gasteiger partial charge is 0.505 e. The summed E-state index contributed by atoms with van der Waals surface area (Å²) in [5, 5.41) is 0. The third-order valence-electron chi connectivity index (χ3n) is 0.774. The molecule has 0 spiro atoms. The number of rotatable bonds is 1. The molecule has 51 valence electrons. The zero-order valence-corrected chi connectivity index (χ0v) is 14.8. The Balaban J connectivity index is -0.000000213. The van der Waals surface area contributed by atoms with E-state index in [1.807, 2.05) is 6.92 Å². The van der Waals surface area contributed by atoms with Gasteiger partial charge in [0.05, 0.1) is 0 Å². The first kappa shape index (κ1) is 19.0. The standard InChI is InChI=1S/C5H5N3.3Y/c1-2-5-7-3-6-4-8-5;;;/h2H2,1H3;;;/q-2;;;. The second kappa shape index (κ2) is 12.3. The average molecular weight is 374 g/mol. The van der Waals surface area contributed by atoms with Crippen LogP contribution in [0.5, 0.6) is 0 Å². The third-order valence-corrected chi connectivity index (χ3v) is 0.774. The van der Waals surface area contributed by atoms with Crippen LogP contribution in [0.25, 0.3) is 0 Å². The van der Waals surface area contributed by atoms with E-state index in [2.05, 4.69) is 27.6 Å². The van der Waals surface area contributed by atoms with Crippen molar-refractivity contribution >= 4 is 0 Å². The van der Waals surface area contributed by atoms with Crippen LogP contribution in [0.15, 0.2) is 0 Å². The molecule has 0 N–H and O–H groups in total. The molecule has 1 heterocycles. The summed E-state index contributed by atoms with van der Waals surface area (Å²) >= 11 is 0. The fraction of sp³-hybridized carbons (Fsp3) is 0.400. The minimum absolute atomic E-state index is 0. The predicted molar refractivity (Wildman–Crippen MR) is 26.9 cm³/mol. The molecule has 0 aliphatic heterocycles. The molecule has 0 aliphatic rings. The van der Waals surface area contributed by atoms with Crippen molar-refractivity contribution in [3.63, 3.8) is 0 Å². The Bertz CT molecular complexity index is 158. The summed E-state index contributed by atoms with van der Waals surface area (Å²) in [5.74, 6) is 0.736. The molecule has 3 nitrogen and oxygen atoms in total. The maximum absolute atomic E-state index is 3.72. The molecule has 11 heavy (non-hydrogen) atoms. The fourth-order valence-corrected chi connectivity index (χ4v) is 0.371. The number of aryl methyl sites for hydroxylation is 1. The Morgan fingerprint density at radius 1 is 1.09 bits per heavy atom.